The Bertz CT molecular complexity index is 578. The van der Waals surface area contributed by atoms with Gasteiger partial charge in [-0.15, -0.1) is 37.1 Å². The molecule has 0 unspecified atom stereocenters. The van der Waals surface area contributed by atoms with Crippen LogP contribution in [0.1, 0.15) is 31.7 Å². The van der Waals surface area contributed by atoms with Crippen LogP contribution in [0.3, 0.4) is 0 Å². The van der Waals surface area contributed by atoms with E-state index in [1.807, 2.05) is 6.92 Å². The fourth-order valence-corrected chi connectivity index (χ4v) is 2.37. The summed E-state index contributed by atoms with van der Waals surface area (Å²) in [6.07, 6.45) is -2.27. The van der Waals surface area contributed by atoms with Crippen LogP contribution in [0.15, 0.2) is 29.3 Å². The van der Waals surface area contributed by atoms with Crippen LogP contribution in [0.4, 0.5) is 13.2 Å². The second-order valence-electron chi connectivity index (χ2n) is 5.78. The van der Waals surface area contributed by atoms with Crippen molar-refractivity contribution in [3.63, 3.8) is 0 Å². The molecule has 0 spiro atoms. The summed E-state index contributed by atoms with van der Waals surface area (Å²) >= 11 is 0. The maximum atomic E-state index is 12.4. The van der Waals surface area contributed by atoms with Crippen molar-refractivity contribution in [1.82, 2.24) is 10.6 Å². The Balaban J connectivity index is 0.00000312. The van der Waals surface area contributed by atoms with Crippen molar-refractivity contribution in [2.45, 2.75) is 44.7 Å². The van der Waals surface area contributed by atoms with Gasteiger partial charge in [0, 0.05) is 18.7 Å². The molecule has 1 aromatic carbocycles. The van der Waals surface area contributed by atoms with Crippen LogP contribution in [0.2, 0.25) is 0 Å². The zero-order chi connectivity index (χ0) is 17.6. The fourth-order valence-electron chi connectivity index (χ4n) is 2.37. The molecule has 1 aliphatic rings. The summed E-state index contributed by atoms with van der Waals surface area (Å²) in [5, 5.41) is 16.1. The fraction of sp³-hybridized carbons (Fsp3) is 0.562. The minimum Gasteiger partial charge on any atom is -0.405 e. The molecule has 25 heavy (non-hydrogen) atoms. The second-order valence-corrected chi connectivity index (χ2v) is 5.78. The average molecular weight is 473 g/mol. The summed E-state index contributed by atoms with van der Waals surface area (Å²) in [5.41, 5.74) is -0.387. The number of aliphatic imine (C=N–C) groups is 1. The number of rotatable bonds is 6. The van der Waals surface area contributed by atoms with E-state index in [4.69, 9.17) is 0 Å². The van der Waals surface area contributed by atoms with Gasteiger partial charge in [-0.05, 0) is 32.3 Å². The zero-order valence-corrected chi connectivity index (χ0v) is 16.2. The molecule has 1 aliphatic carbocycles. The van der Waals surface area contributed by atoms with E-state index in [-0.39, 0.29) is 36.3 Å². The number of hydrogen-bond acceptors (Lipinski definition) is 3. The number of nitrogens with zero attached hydrogens (tertiary/aromatic N) is 1. The Morgan fingerprint density at radius 3 is 2.52 bits per heavy atom. The van der Waals surface area contributed by atoms with Crippen molar-refractivity contribution in [3.05, 3.63) is 29.8 Å². The third kappa shape index (κ3) is 7.27. The van der Waals surface area contributed by atoms with Gasteiger partial charge in [0.1, 0.15) is 5.75 Å². The highest BCUT2D eigenvalue weighted by Crippen LogP contribution is 2.30. The van der Waals surface area contributed by atoms with Crippen LogP contribution in [0.5, 0.6) is 5.75 Å². The van der Waals surface area contributed by atoms with Crippen molar-refractivity contribution in [2.24, 2.45) is 4.99 Å². The molecular weight excluding hydrogens is 450 g/mol. The lowest BCUT2D eigenvalue weighted by atomic mass is 9.80. The first-order chi connectivity index (χ1) is 11.3. The summed E-state index contributed by atoms with van der Waals surface area (Å²) in [5.74, 6) is 0.182. The highest BCUT2D eigenvalue weighted by molar-refractivity contribution is 14.0. The molecule has 1 aromatic rings. The van der Waals surface area contributed by atoms with E-state index >= 15 is 0 Å². The average Bonchev–Trinajstić information content (AvgIpc) is 2.48. The largest absolute Gasteiger partial charge is 0.573 e. The Hall–Kier alpha value is -1.23. The van der Waals surface area contributed by atoms with Gasteiger partial charge in [0.2, 0.25) is 0 Å². The molecule has 9 heteroatoms. The highest BCUT2D eigenvalue weighted by Gasteiger charge is 2.34. The van der Waals surface area contributed by atoms with Gasteiger partial charge in [-0.1, -0.05) is 18.2 Å². The predicted molar refractivity (Wildman–Crippen MR) is 100 cm³/mol. The molecule has 3 N–H and O–H groups in total. The quantitative estimate of drug-likeness (QED) is 0.338. The van der Waals surface area contributed by atoms with E-state index in [9.17, 15) is 18.3 Å². The molecule has 0 bridgehead atoms. The first-order valence-corrected chi connectivity index (χ1v) is 7.89. The number of alkyl halides is 3. The van der Waals surface area contributed by atoms with E-state index in [0.29, 0.717) is 24.6 Å². The minimum absolute atomic E-state index is 0. The number of benzene rings is 1. The van der Waals surface area contributed by atoms with Gasteiger partial charge in [0.05, 0.1) is 12.1 Å². The van der Waals surface area contributed by atoms with E-state index in [2.05, 4.69) is 20.4 Å². The predicted octanol–water partition coefficient (Wildman–Crippen LogP) is 3.17. The third-order valence-corrected chi connectivity index (χ3v) is 3.82. The van der Waals surface area contributed by atoms with Gasteiger partial charge in [0.15, 0.2) is 5.96 Å². The van der Waals surface area contributed by atoms with Gasteiger partial charge in [-0.2, -0.15) is 0 Å². The van der Waals surface area contributed by atoms with Crippen LogP contribution in [-0.4, -0.2) is 36.1 Å². The van der Waals surface area contributed by atoms with Gasteiger partial charge < -0.3 is 20.5 Å². The van der Waals surface area contributed by atoms with Crippen molar-refractivity contribution in [1.29, 1.82) is 0 Å². The molecule has 1 saturated carbocycles. The van der Waals surface area contributed by atoms with Gasteiger partial charge in [0.25, 0.3) is 0 Å². The maximum absolute atomic E-state index is 12.4. The number of nitrogens with one attached hydrogen (secondary N) is 2. The van der Waals surface area contributed by atoms with Crippen LogP contribution >= 0.6 is 24.0 Å². The SMILES string of the molecule is CCNC(=NCc1ccccc1OC(F)(F)F)NCC1(O)CCC1.I. The first kappa shape index (κ1) is 21.8. The number of halogens is 4. The molecular formula is C16H23F3IN3O2. The molecule has 5 nitrogen and oxygen atoms in total. The smallest absolute Gasteiger partial charge is 0.405 e. The zero-order valence-electron chi connectivity index (χ0n) is 13.9. The summed E-state index contributed by atoms with van der Waals surface area (Å²) in [6.45, 7) is 2.88. The Morgan fingerprint density at radius 1 is 1.28 bits per heavy atom. The maximum Gasteiger partial charge on any atom is 0.573 e. The van der Waals surface area contributed by atoms with Gasteiger partial charge in [-0.25, -0.2) is 4.99 Å². The lowest BCUT2D eigenvalue weighted by Crippen LogP contribution is -2.50. The van der Waals surface area contributed by atoms with Gasteiger partial charge >= 0.3 is 6.36 Å². The Labute approximate surface area is 162 Å². The molecule has 1 fully saturated rings. The van der Waals surface area contributed by atoms with E-state index in [1.165, 1.54) is 18.2 Å². The summed E-state index contributed by atoms with van der Waals surface area (Å²) < 4.78 is 41.3. The third-order valence-electron chi connectivity index (χ3n) is 3.82. The molecule has 0 aliphatic heterocycles. The lowest BCUT2D eigenvalue weighted by molar-refractivity contribution is -0.274. The molecule has 2 rings (SSSR count). The van der Waals surface area contributed by atoms with Crippen LogP contribution in [0.25, 0.3) is 0 Å². The lowest BCUT2D eigenvalue weighted by Gasteiger charge is -2.37. The highest BCUT2D eigenvalue weighted by atomic mass is 127. The number of para-hydroxylation sites is 1. The number of aliphatic hydroxyl groups is 1. The van der Waals surface area contributed by atoms with Crippen LogP contribution < -0.4 is 15.4 Å². The minimum atomic E-state index is -4.74. The van der Waals surface area contributed by atoms with E-state index < -0.39 is 12.0 Å². The number of hydrogen-bond donors (Lipinski definition) is 3. The standard InChI is InChI=1S/C16H22F3N3O2.HI/c1-2-20-14(22-11-15(23)8-5-9-15)21-10-12-6-3-4-7-13(12)24-16(17,18)19;/h3-4,6-7,23H,2,5,8-11H2,1H3,(H2,20,21,22);1H. The Morgan fingerprint density at radius 2 is 1.96 bits per heavy atom. The molecule has 0 amide bonds. The first-order valence-electron chi connectivity index (χ1n) is 7.89. The number of guanidine groups is 1. The normalized spacial score (nSPS) is 16.4. The van der Waals surface area contributed by atoms with Crippen molar-refractivity contribution < 1.29 is 23.0 Å². The van der Waals surface area contributed by atoms with Gasteiger partial charge in [-0.3, -0.25) is 0 Å². The molecule has 0 aromatic heterocycles. The van der Waals surface area contributed by atoms with Crippen LogP contribution in [-0.2, 0) is 6.54 Å². The summed E-state index contributed by atoms with van der Waals surface area (Å²) in [7, 11) is 0. The monoisotopic (exact) mass is 473 g/mol. The molecule has 0 saturated heterocycles. The van der Waals surface area contributed by atoms with E-state index in [1.54, 1.807) is 6.07 Å². The van der Waals surface area contributed by atoms with E-state index in [0.717, 1.165) is 19.3 Å². The van der Waals surface area contributed by atoms with Crippen molar-refractivity contribution in [2.75, 3.05) is 13.1 Å². The Kier molecular flexibility index (Phi) is 8.26. The molecule has 0 heterocycles. The summed E-state index contributed by atoms with van der Waals surface area (Å²) in [4.78, 5) is 4.27. The van der Waals surface area contributed by atoms with Crippen LogP contribution in [0, 0.1) is 0 Å². The van der Waals surface area contributed by atoms with Crippen molar-refractivity contribution in [3.8, 4) is 5.75 Å². The molecule has 142 valence electrons. The molecule has 0 atom stereocenters. The molecule has 0 radical (unpaired) electrons. The van der Waals surface area contributed by atoms with Crippen molar-refractivity contribution >= 4 is 29.9 Å². The topological polar surface area (TPSA) is 65.9 Å². The second kappa shape index (κ2) is 9.46. The number of ether oxygens (including phenoxy) is 1. The summed E-state index contributed by atoms with van der Waals surface area (Å²) in [6, 6.07) is 5.90.